The van der Waals surface area contributed by atoms with E-state index in [1.165, 1.54) is 11.1 Å². The van der Waals surface area contributed by atoms with Gasteiger partial charge in [0, 0.05) is 44.6 Å². The summed E-state index contributed by atoms with van der Waals surface area (Å²) in [5.41, 5.74) is 3.50. The lowest BCUT2D eigenvalue weighted by molar-refractivity contribution is 0.795. The summed E-state index contributed by atoms with van der Waals surface area (Å²) in [7, 11) is 0. The van der Waals surface area contributed by atoms with E-state index in [-0.39, 0.29) is 31.6 Å². The van der Waals surface area contributed by atoms with Crippen molar-refractivity contribution in [2.45, 2.75) is 52.4 Å². The SMILES string of the molecule is CCCCc1ccc(N/C=c2\ccc3c(=O)c4c(=N)/c(=C/Nc5ccc(CCCC)cc5)ccc=4c(=O)c=3c2=N)cc1. The minimum atomic E-state index is -0.407. The smallest absolute Gasteiger partial charge is 0.196 e. The largest absolute Gasteiger partial charge is 0.361 e. The zero-order valence-corrected chi connectivity index (χ0v) is 24.1. The first kappa shape index (κ1) is 28.7. The Bertz CT molecular complexity index is 2020. The third-order valence-corrected chi connectivity index (χ3v) is 7.75. The zero-order chi connectivity index (χ0) is 29.6. The van der Waals surface area contributed by atoms with Crippen LogP contribution in [0.1, 0.15) is 50.7 Å². The van der Waals surface area contributed by atoms with E-state index in [9.17, 15) is 9.59 Å². The summed E-state index contributed by atoms with van der Waals surface area (Å²) < 4.78 is 0. The highest BCUT2D eigenvalue weighted by Gasteiger charge is 2.09. The first-order valence-corrected chi connectivity index (χ1v) is 14.6. The standard InChI is InChI=1S/C36H36N4O2/c1-3-5-7-23-9-15-27(16-10-23)39-21-25-13-19-29-31(33(25)37)35(41)30-20-14-26(34(38)32(30)36(29)42)22-40-28-17-11-24(12-18-28)8-6-4-2/h9-22,37-40H,3-8H2,1-2H3/b25-21+,26-22+,37-33?,38-34?. The van der Waals surface area contributed by atoms with Gasteiger partial charge in [-0.3, -0.25) is 20.4 Å². The average Bonchev–Trinajstić information content (AvgIpc) is 3.01. The molecule has 0 unspecified atom stereocenters. The fourth-order valence-electron chi connectivity index (χ4n) is 5.22. The van der Waals surface area contributed by atoms with Crippen molar-refractivity contribution in [2.24, 2.45) is 0 Å². The molecule has 4 N–H and O–H groups in total. The van der Waals surface area contributed by atoms with Crippen LogP contribution in [0.3, 0.4) is 0 Å². The van der Waals surface area contributed by atoms with Crippen molar-refractivity contribution in [3.8, 4) is 0 Å². The Hall–Kier alpha value is -4.84. The van der Waals surface area contributed by atoms with Gasteiger partial charge in [0.25, 0.3) is 0 Å². The predicted molar refractivity (Wildman–Crippen MR) is 169 cm³/mol. The van der Waals surface area contributed by atoms with Gasteiger partial charge in [0.1, 0.15) is 0 Å². The van der Waals surface area contributed by atoms with Gasteiger partial charge in [-0.1, -0.05) is 63.1 Å². The quantitative estimate of drug-likeness (QED) is 0.208. The molecular weight excluding hydrogens is 520 g/mol. The molecule has 2 aromatic rings. The number of nitrogens with one attached hydrogen (secondary N) is 4. The molecule has 0 atom stereocenters. The number of anilines is 2. The molecule has 42 heavy (non-hydrogen) atoms. The van der Waals surface area contributed by atoms with Crippen LogP contribution >= 0.6 is 0 Å². The molecule has 6 nitrogen and oxygen atoms in total. The van der Waals surface area contributed by atoms with E-state index in [0.717, 1.165) is 49.9 Å². The van der Waals surface area contributed by atoms with Crippen molar-refractivity contribution in [3.05, 3.63) is 146 Å². The van der Waals surface area contributed by atoms with E-state index in [4.69, 9.17) is 10.8 Å². The van der Waals surface area contributed by atoms with E-state index < -0.39 is 10.9 Å². The van der Waals surface area contributed by atoms with Crippen LogP contribution in [0.5, 0.6) is 0 Å². The maximum Gasteiger partial charge on any atom is 0.196 e. The Morgan fingerprint density at radius 1 is 0.571 bits per heavy atom. The van der Waals surface area contributed by atoms with Crippen LogP contribution in [0, 0.1) is 31.7 Å². The minimum absolute atomic E-state index is 0.00483. The summed E-state index contributed by atoms with van der Waals surface area (Å²) in [5.74, 6) is 0. The summed E-state index contributed by atoms with van der Waals surface area (Å²) in [6.07, 6.45) is 10.1. The van der Waals surface area contributed by atoms with Crippen molar-refractivity contribution in [1.29, 1.82) is 10.8 Å². The summed E-state index contributed by atoms with van der Waals surface area (Å²) in [4.78, 5) is 27.1. The predicted octanol–water partition coefficient (Wildman–Crippen LogP) is 4.08. The van der Waals surface area contributed by atoms with Gasteiger partial charge in [-0.2, -0.15) is 0 Å². The molecule has 0 heterocycles. The molecule has 0 bridgehead atoms. The van der Waals surface area contributed by atoms with Crippen molar-refractivity contribution in [3.63, 3.8) is 0 Å². The maximum atomic E-state index is 13.6. The molecule has 2 aromatic carbocycles. The van der Waals surface area contributed by atoms with Crippen LogP contribution in [0.2, 0.25) is 0 Å². The fraction of sp³-hybridized carbons (Fsp3) is 0.222. The third-order valence-electron chi connectivity index (χ3n) is 7.75. The molecule has 0 amide bonds. The van der Waals surface area contributed by atoms with Gasteiger partial charge in [0.05, 0.1) is 21.2 Å². The number of aryl methyl sites for hydroxylation is 2. The van der Waals surface area contributed by atoms with Crippen molar-refractivity contribution < 1.29 is 0 Å². The minimum Gasteiger partial charge on any atom is -0.361 e. The van der Waals surface area contributed by atoms with Gasteiger partial charge in [0.15, 0.2) is 10.9 Å². The Morgan fingerprint density at radius 3 is 1.31 bits per heavy atom. The van der Waals surface area contributed by atoms with Gasteiger partial charge in [0.2, 0.25) is 0 Å². The summed E-state index contributed by atoms with van der Waals surface area (Å²) in [6.45, 7) is 4.35. The molecule has 212 valence electrons. The number of rotatable bonds is 10. The molecule has 0 fully saturated rings. The van der Waals surface area contributed by atoms with Gasteiger partial charge < -0.3 is 10.6 Å². The Morgan fingerprint density at radius 2 is 0.952 bits per heavy atom. The van der Waals surface area contributed by atoms with E-state index in [1.54, 1.807) is 36.7 Å². The monoisotopic (exact) mass is 556 g/mol. The van der Waals surface area contributed by atoms with Crippen molar-refractivity contribution in [2.75, 3.05) is 10.6 Å². The molecule has 0 saturated heterocycles. The van der Waals surface area contributed by atoms with Gasteiger partial charge in [-0.05, 0) is 73.2 Å². The molecule has 0 spiro atoms. The summed E-state index contributed by atoms with van der Waals surface area (Å²) in [6, 6.07) is 22.9. The Labute approximate surface area is 243 Å². The highest BCUT2D eigenvalue weighted by Crippen LogP contribution is 2.12. The summed E-state index contributed by atoms with van der Waals surface area (Å²) in [5, 5.41) is 25.4. The molecular formula is C36H36N4O2. The molecule has 5 rings (SSSR count). The number of unbranched alkanes of at least 4 members (excludes halogenated alkanes) is 2. The molecule has 6 heteroatoms. The second kappa shape index (κ2) is 12.8. The number of hydrogen-bond donors (Lipinski definition) is 4. The van der Waals surface area contributed by atoms with Crippen LogP contribution in [-0.4, -0.2) is 0 Å². The van der Waals surface area contributed by atoms with E-state index in [2.05, 4.69) is 48.7 Å². The number of benzene rings is 2. The molecule has 3 aliphatic carbocycles. The van der Waals surface area contributed by atoms with E-state index >= 15 is 0 Å². The van der Waals surface area contributed by atoms with Gasteiger partial charge in [-0.15, -0.1) is 0 Å². The Balaban J connectivity index is 1.51. The average molecular weight is 557 g/mol. The molecule has 0 radical (unpaired) electrons. The summed E-state index contributed by atoms with van der Waals surface area (Å²) >= 11 is 0. The first-order valence-electron chi connectivity index (χ1n) is 14.6. The van der Waals surface area contributed by atoms with Crippen LogP contribution < -0.4 is 42.6 Å². The maximum absolute atomic E-state index is 13.6. The highest BCUT2D eigenvalue weighted by atomic mass is 16.1. The second-order valence-electron chi connectivity index (χ2n) is 10.7. The third kappa shape index (κ3) is 5.93. The van der Waals surface area contributed by atoms with Crippen molar-refractivity contribution >= 4 is 23.8 Å². The fourth-order valence-corrected chi connectivity index (χ4v) is 5.22. The lowest BCUT2D eigenvalue weighted by Crippen LogP contribution is -2.37. The zero-order valence-electron chi connectivity index (χ0n) is 24.1. The number of hydrogen-bond acceptors (Lipinski definition) is 6. The van der Waals surface area contributed by atoms with Crippen molar-refractivity contribution in [1.82, 2.24) is 0 Å². The van der Waals surface area contributed by atoms with Crippen LogP contribution in [0.15, 0.2) is 82.4 Å². The van der Waals surface area contributed by atoms with Crippen LogP contribution in [0.25, 0.3) is 12.4 Å². The van der Waals surface area contributed by atoms with E-state index in [1.807, 2.05) is 24.3 Å². The van der Waals surface area contributed by atoms with Gasteiger partial charge >= 0.3 is 0 Å². The first-order chi connectivity index (χ1) is 20.4. The van der Waals surface area contributed by atoms with Gasteiger partial charge in [-0.25, -0.2) is 0 Å². The topological polar surface area (TPSA) is 106 Å². The van der Waals surface area contributed by atoms with Crippen LogP contribution in [-0.2, 0) is 12.8 Å². The van der Waals surface area contributed by atoms with E-state index in [0.29, 0.717) is 10.4 Å². The Kier molecular flexibility index (Phi) is 8.72. The van der Waals surface area contributed by atoms with Crippen LogP contribution in [0.4, 0.5) is 11.4 Å². The second-order valence-corrected chi connectivity index (χ2v) is 10.7. The lowest BCUT2D eigenvalue weighted by Gasteiger charge is -2.04. The molecule has 0 saturated carbocycles. The lowest BCUT2D eigenvalue weighted by atomic mass is 10.0. The molecule has 0 aliphatic heterocycles. The highest BCUT2D eigenvalue weighted by molar-refractivity contribution is 5.56. The molecule has 0 aromatic heterocycles. The normalized spacial score (nSPS) is 12.3. The molecule has 3 aliphatic rings.